The van der Waals surface area contributed by atoms with Crippen LogP contribution in [0.15, 0.2) is 85.0 Å². The van der Waals surface area contributed by atoms with Crippen molar-refractivity contribution in [3.05, 3.63) is 107 Å². The van der Waals surface area contributed by atoms with Gasteiger partial charge in [0.25, 0.3) is 11.8 Å². The number of morpholine rings is 1. The first-order chi connectivity index (χ1) is 21.3. The Labute approximate surface area is 260 Å². The van der Waals surface area contributed by atoms with E-state index in [-0.39, 0.29) is 17.7 Å². The van der Waals surface area contributed by atoms with Crippen molar-refractivity contribution < 1.29 is 19.1 Å². The third kappa shape index (κ3) is 7.68. The number of nitrogens with one attached hydrogen (secondary N) is 4. The van der Waals surface area contributed by atoms with Crippen LogP contribution >= 0.6 is 11.6 Å². The van der Waals surface area contributed by atoms with Crippen LogP contribution in [0.4, 0.5) is 23.0 Å². The molecule has 1 aromatic heterocycles. The first kappa shape index (κ1) is 30.5. The second kappa shape index (κ2) is 14.0. The van der Waals surface area contributed by atoms with Gasteiger partial charge in [0.2, 0.25) is 11.9 Å². The maximum atomic E-state index is 13.1. The van der Waals surface area contributed by atoms with E-state index >= 15 is 0 Å². The fraction of sp³-hybridized carbons (Fsp3) is 0.219. The van der Waals surface area contributed by atoms with Crippen molar-refractivity contribution in [2.75, 3.05) is 47.2 Å². The molecule has 3 aromatic rings. The summed E-state index contributed by atoms with van der Waals surface area (Å²) in [6.07, 6.45) is 9.45. The average Bonchev–Trinajstić information content (AvgIpc) is 3.03. The van der Waals surface area contributed by atoms with E-state index in [4.69, 9.17) is 16.3 Å². The number of allylic oxidation sites excluding steroid dienone is 3. The van der Waals surface area contributed by atoms with Gasteiger partial charge in [-0.05, 0) is 67.8 Å². The van der Waals surface area contributed by atoms with Gasteiger partial charge >= 0.3 is 0 Å². The van der Waals surface area contributed by atoms with Crippen molar-refractivity contribution in [2.24, 2.45) is 0 Å². The van der Waals surface area contributed by atoms with Crippen LogP contribution < -0.4 is 26.2 Å². The summed E-state index contributed by atoms with van der Waals surface area (Å²) < 4.78 is 5.40. The molecule has 0 saturated carbocycles. The number of aromatic nitrogens is 2. The van der Waals surface area contributed by atoms with Gasteiger partial charge in [0.1, 0.15) is 0 Å². The van der Waals surface area contributed by atoms with Crippen molar-refractivity contribution in [1.82, 2.24) is 15.3 Å². The van der Waals surface area contributed by atoms with Crippen molar-refractivity contribution >= 4 is 52.3 Å². The summed E-state index contributed by atoms with van der Waals surface area (Å²) in [7, 11) is 0. The Hall–Kier alpha value is -5.00. The molecular formula is C32H32ClN7O4. The Morgan fingerprint density at radius 1 is 0.977 bits per heavy atom. The first-order valence-corrected chi connectivity index (χ1v) is 14.5. The number of nitrogens with zero attached hydrogens (tertiary/aromatic N) is 3. The van der Waals surface area contributed by atoms with Gasteiger partial charge in [-0.3, -0.25) is 14.4 Å². The molecule has 2 heterocycles. The van der Waals surface area contributed by atoms with Gasteiger partial charge in [-0.1, -0.05) is 30.3 Å². The Balaban J connectivity index is 1.20. The first-order valence-electron chi connectivity index (χ1n) is 14.1. The predicted octanol–water partition coefficient (Wildman–Crippen LogP) is 5.06. The van der Waals surface area contributed by atoms with Crippen molar-refractivity contribution in [3.63, 3.8) is 0 Å². The number of anilines is 4. The van der Waals surface area contributed by atoms with Crippen LogP contribution in [0.3, 0.4) is 0 Å². The number of carbonyl (C=O) groups excluding carboxylic acids is 3. The summed E-state index contributed by atoms with van der Waals surface area (Å²) in [6, 6.07) is 10.3. The molecule has 0 unspecified atom stereocenters. The van der Waals surface area contributed by atoms with E-state index in [9.17, 15) is 14.4 Å². The van der Waals surface area contributed by atoms with Gasteiger partial charge in [0, 0.05) is 41.3 Å². The summed E-state index contributed by atoms with van der Waals surface area (Å²) in [5, 5.41) is 12.0. The second-order valence-corrected chi connectivity index (χ2v) is 10.6. The molecule has 0 radical (unpaired) electrons. The summed E-state index contributed by atoms with van der Waals surface area (Å²) in [5.74, 6) is -0.649. The topological polar surface area (TPSA) is 138 Å². The molecule has 1 aliphatic carbocycles. The molecule has 1 saturated heterocycles. The molecule has 0 bridgehead atoms. The molecule has 11 nitrogen and oxygen atoms in total. The van der Waals surface area contributed by atoms with Crippen LogP contribution in [0.5, 0.6) is 0 Å². The highest BCUT2D eigenvalue weighted by Gasteiger charge is 2.17. The molecule has 2 aromatic carbocycles. The minimum Gasteiger partial charge on any atom is -0.378 e. The number of hydrogen-bond donors (Lipinski definition) is 4. The molecule has 5 rings (SSSR count). The lowest BCUT2D eigenvalue weighted by molar-refractivity contribution is -0.115. The Kier molecular flexibility index (Phi) is 9.68. The van der Waals surface area contributed by atoms with E-state index in [2.05, 4.69) is 42.7 Å². The molecule has 1 aliphatic heterocycles. The molecule has 2 aliphatic rings. The lowest BCUT2D eigenvalue weighted by atomic mass is 10.1. The second-order valence-electron chi connectivity index (χ2n) is 10.2. The third-order valence-corrected chi connectivity index (χ3v) is 7.35. The molecule has 226 valence electrons. The van der Waals surface area contributed by atoms with Crippen LogP contribution in [0, 0.1) is 6.92 Å². The highest BCUT2D eigenvalue weighted by molar-refractivity contribution is 6.33. The van der Waals surface area contributed by atoms with E-state index in [1.165, 1.54) is 18.5 Å². The lowest BCUT2D eigenvalue weighted by Crippen LogP contribution is -2.36. The Morgan fingerprint density at radius 3 is 2.45 bits per heavy atom. The third-order valence-electron chi connectivity index (χ3n) is 7.04. The Morgan fingerprint density at radius 2 is 1.73 bits per heavy atom. The summed E-state index contributed by atoms with van der Waals surface area (Å²) >= 11 is 6.51. The monoisotopic (exact) mass is 613 g/mol. The average molecular weight is 614 g/mol. The van der Waals surface area contributed by atoms with Crippen LogP contribution in [-0.2, 0) is 9.53 Å². The highest BCUT2D eigenvalue weighted by atomic mass is 35.5. The molecule has 3 amide bonds. The fourth-order valence-electron chi connectivity index (χ4n) is 4.74. The number of halogens is 1. The normalized spacial score (nSPS) is 14.5. The van der Waals surface area contributed by atoms with E-state index in [0.717, 1.165) is 42.2 Å². The molecule has 4 N–H and O–H groups in total. The predicted molar refractivity (Wildman–Crippen MR) is 171 cm³/mol. The molecule has 0 spiro atoms. The maximum Gasteiger partial charge on any atom is 0.256 e. The molecular weight excluding hydrogens is 582 g/mol. The number of aryl methyl sites for hydroxylation is 1. The fourth-order valence-corrected chi connectivity index (χ4v) is 5.04. The molecule has 0 atom stereocenters. The smallest absolute Gasteiger partial charge is 0.256 e. The Bertz CT molecular complexity index is 1650. The van der Waals surface area contributed by atoms with Crippen molar-refractivity contribution in [1.29, 1.82) is 0 Å². The van der Waals surface area contributed by atoms with Gasteiger partial charge in [-0.2, -0.15) is 0 Å². The number of carbonyl (C=O) groups is 3. The lowest BCUT2D eigenvalue weighted by Gasteiger charge is -2.29. The maximum absolute atomic E-state index is 13.1. The van der Waals surface area contributed by atoms with Crippen LogP contribution in [0.25, 0.3) is 0 Å². The van der Waals surface area contributed by atoms with E-state index in [0.29, 0.717) is 53.1 Å². The zero-order valence-corrected chi connectivity index (χ0v) is 24.9. The quantitative estimate of drug-likeness (QED) is 0.246. The van der Waals surface area contributed by atoms with E-state index < -0.39 is 0 Å². The van der Waals surface area contributed by atoms with Crippen molar-refractivity contribution in [2.45, 2.75) is 19.8 Å². The summed E-state index contributed by atoms with van der Waals surface area (Å²) in [4.78, 5) is 48.4. The standard InChI is InChI=1S/C32H32ClN7O4/c1-3-29(41)36-22-5-4-6-23(16-22)39-32-34-18-25(19-35-32)38-31(43)26-17-24(9-7-20(26)2)37-30(42)21-8-10-28(27(33)15-21)40-11-13-44-14-12-40/h3,6-10,15-19H,1,4-5,11-14H2,2H3,(H,36,41)(H,37,42)(H,38,43)(H,34,35,39). The van der Waals surface area contributed by atoms with Gasteiger partial charge in [0.05, 0.1) is 42.0 Å². The van der Waals surface area contributed by atoms with Gasteiger partial charge < -0.3 is 30.9 Å². The zero-order valence-electron chi connectivity index (χ0n) is 24.2. The van der Waals surface area contributed by atoms with Gasteiger partial charge in [0.15, 0.2) is 0 Å². The highest BCUT2D eigenvalue weighted by Crippen LogP contribution is 2.28. The number of ether oxygens (including phenoxy) is 1. The van der Waals surface area contributed by atoms with Gasteiger partial charge in [-0.25, -0.2) is 9.97 Å². The summed E-state index contributed by atoms with van der Waals surface area (Å²) in [6.45, 7) is 8.02. The number of hydrogen-bond acceptors (Lipinski definition) is 8. The minimum atomic E-state index is -0.374. The van der Waals surface area contributed by atoms with Crippen molar-refractivity contribution in [3.8, 4) is 0 Å². The van der Waals surface area contributed by atoms with Gasteiger partial charge in [-0.15, -0.1) is 0 Å². The molecule has 1 fully saturated rings. The molecule has 44 heavy (non-hydrogen) atoms. The molecule has 12 heteroatoms. The van der Waals surface area contributed by atoms with E-state index in [1.54, 1.807) is 30.3 Å². The minimum absolute atomic E-state index is 0.267. The largest absolute Gasteiger partial charge is 0.378 e. The van der Waals surface area contributed by atoms with Crippen LogP contribution in [0.2, 0.25) is 5.02 Å². The zero-order chi connectivity index (χ0) is 31.1. The summed E-state index contributed by atoms with van der Waals surface area (Å²) in [5.41, 5.74) is 4.76. The number of benzene rings is 2. The SMILES string of the molecule is C=CC(=O)NC1=CC(Nc2ncc(NC(=O)c3cc(NC(=O)c4ccc(N5CCOCC5)c(Cl)c4)ccc3C)cn2)=CCC1. The van der Waals surface area contributed by atoms with Crippen LogP contribution in [0.1, 0.15) is 39.1 Å². The van der Waals surface area contributed by atoms with Crippen LogP contribution in [-0.4, -0.2) is 54.0 Å². The number of amides is 3. The number of rotatable bonds is 9. The van der Waals surface area contributed by atoms with E-state index in [1.807, 2.05) is 25.1 Å².